The maximum atomic E-state index is 12.7. The molecule has 1 unspecified atom stereocenters. The number of aromatic nitrogens is 2. The molecule has 1 atom stereocenters. The molecule has 2 N–H and O–H groups in total. The van der Waals surface area contributed by atoms with E-state index in [2.05, 4.69) is 26.9 Å². The second-order valence-corrected chi connectivity index (χ2v) is 9.89. The molecule has 1 saturated heterocycles. The number of hydrogen-bond acceptors (Lipinski definition) is 6. The van der Waals surface area contributed by atoms with Crippen LogP contribution in [0.4, 0.5) is 16.5 Å². The topological polar surface area (TPSA) is 104 Å². The normalized spacial score (nSPS) is 15.3. The van der Waals surface area contributed by atoms with E-state index >= 15 is 0 Å². The molecule has 182 valence electrons. The molecule has 0 spiro atoms. The van der Waals surface area contributed by atoms with Gasteiger partial charge >= 0.3 is 0 Å². The van der Waals surface area contributed by atoms with Crippen molar-refractivity contribution in [1.29, 1.82) is 0 Å². The highest BCUT2D eigenvalue weighted by Gasteiger charge is 2.34. The Hall–Kier alpha value is -3.59. The van der Waals surface area contributed by atoms with Gasteiger partial charge < -0.3 is 10.2 Å². The predicted molar refractivity (Wildman–Crippen MR) is 138 cm³/mol. The van der Waals surface area contributed by atoms with Gasteiger partial charge in [-0.3, -0.25) is 19.7 Å². The molecule has 2 aromatic carbocycles. The molecule has 3 amide bonds. The van der Waals surface area contributed by atoms with Gasteiger partial charge in [-0.1, -0.05) is 30.7 Å². The van der Waals surface area contributed by atoms with Crippen molar-refractivity contribution in [1.82, 2.24) is 10.2 Å². The molecule has 1 fully saturated rings. The molecule has 0 saturated carbocycles. The Bertz CT molecular complexity index is 1220. The van der Waals surface area contributed by atoms with Crippen molar-refractivity contribution in [3.63, 3.8) is 0 Å². The van der Waals surface area contributed by atoms with Crippen LogP contribution < -0.4 is 15.5 Å². The third-order valence-corrected chi connectivity index (χ3v) is 6.84. The molecular weight excluding hydrogens is 462 g/mol. The van der Waals surface area contributed by atoms with E-state index in [0.717, 1.165) is 34.7 Å². The molecule has 1 aromatic heterocycles. The number of rotatable bonds is 8. The van der Waals surface area contributed by atoms with Crippen molar-refractivity contribution in [2.75, 3.05) is 22.1 Å². The second kappa shape index (κ2) is 10.8. The molecule has 8 nitrogen and oxygen atoms in total. The molecule has 35 heavy (non-hydrogen) atoms. The summed E-state index contributed by atoms with van der Waals surface area (Å²) in [5.74, 6) is -0.354. The summed E-state index contributed by atoms with van der Waals surface area (Å²) < 4.78 is 0. The zero-order valence-corrected chi connectivity index (χ0v) is 20.9. The summed E-state index contributed by atoms with van der Waals surface area (Å²) >= 11 is 1.29. The van der Waals surface area contributed by atoms with E-state index in [-0.39, 0.29) is 23.6 Å². The third kappa shape index (κ3) is 6.10. The first-order valence-electron chi connectivity index (χ1n) is 11.8. The van der Waals surface area contributed by atoms with Gasteiger partial charge in [-0.25, -0.2) is 0 Å². The van der Waals surface area contributed by atoms with Gasteiger partial charge in [0.05, 0.1) is 0 Å². The maximum Gasteiger partial charge on any atom is 0.257 e. The Morgan fingerprint density at radius 3 is 2.46 bits per heavy atom. The molecule has 0 aliphatic carbocycles. The van der Waals surface area contributed by atoms with Crippen LogP contribution in [-0.2, 0) is 9.59 Å². The fourth-order valence-corrected chi connectivity index (χ4v) is 4.94. The monoisotopic (exact) mass is 491 g/mol. The number of carbonyl (C=O) groups excluding carboxylic acids is 3. The Labute approximate surface area is 208 Å². The third-order valence-electron chi connectivity index (χ3n) is 5.84. The average molecular weight is 492 g/mol. The second-order valence-electron chi connectivity index (χ2n) is 8.88. The van der Waals surface area contributed by atoms with Crippen LogP contribution in [0, 0.1) is 13.8 Å². The van der Waals surface area contributed by atoms with Crippen molar-refractivity contribution in [3.8, 4) is 0 Å². The number of aryl methyl sites for hydroxylation is 2. The number of nitrogens with one attached hydrogen (secondary N) is 2. The Balaban J connectivity index is 1.36. The van der Waals surface area contributed by atoms with Crippen molar-refractivity contribution in [3.05, 3.63) is 64.2 Å². The van der Waals surface area contributed by atoms with E-state index in [1.807, 2.05) is 32.9 Å². The summed E-state index contributed by atoms with van der Waals surface area (Å²) in [6.07, 6.45) is 2.64. The van der Waals surface area contributed by atoms with E-state index in [1.54, 1.807) is 29.2 Å². The van der Waals surface area contributed by atoms with Crippen LogP contribution in [0.2, 0.25) is 0 Å². The summed E-state index contributed by atoms with van der Waals surface area (Å²) in [6.45, 7) is 6.61. The van der Waals surface area contributed by atoms with Gasteiger partial charge in [0.1, 0.15) is 5.01 Å². The maximum absolute atomic E-state index is 12.7. The van der Waals surface area contributed by atoms with Crippen LogP contribution in [0.25, 0.3) is 0 Å². The number of anilines is 3. The summed E-state index contributed by atoms with van der Waals surface area (Å²) in [5, 5.41) is 15.1. The van der Waals surface area contributed by atoms with Crippen molar-refractivity contribution >= 4 is 45.6 Å². The van der Waals surface area contributed by atoms with Crippen LogP contribution in [0.1, 0.15) is 65.0 Å². The molecule has 2 heterocycles. The molecule has 0 bridgehead atoms. The summed E-state index contributed by atoms with van der Waals surface area (Å²) in [5.41, 5.74) is 4.23. The highest BCUT2D eigenvalue weighted by atomic mass is 32.1. The molecule has 9 heteroatoms. The molecule has 1 aliphatic heterocycles. The molecule has 4 rings (SSSR count). The van der Waals surface area contributed by atoms with Crippen molar-refractivity contribution in [2.45, 2.75) is 52.4 Å². The fraction of sp³-hybridized carbons (Fsp3) is 0.346. The van der Waals surface area contributed by atoms with Gasteiger partial charge in [0.15, 0.2) is 0 Å². The summed E-state index contributed by atoms with van der Waals surface area (Å²) in [7, 11) is 0. The highest BCUT2D eigenvalue weighted by molar-refractivity contribution is 7.15. The van der Waals surface area contributed by atoms with E-state index < -0.39 is 0 Å². The number of nitrogens with zero attached hydrogens (tertiary/aromatic N) is 3. The number of carbonyl (C=O) groups is 3. The fourth-order valence-electron chi connectivity index (χ4n) is 4.11. The van der Waals surface area contributed by atoms with Crippen LogP contribution >= 0.6 is 11.3 Å². The number of benzene rings is 2. The van der Waals surface area contributed by atoms with Gasteiger partial charge in [0.2, 0.25) is 16.9 Å². The van der Waals surface area contributed by atoms with Crippen molar-refractivity contribution in [2.24, 2.45) is 0 Å². The molecular formula is C26H29N5O3S. The lowest BCUT2D eigenvalue weighted by molar-refractivity contribution is -0.117. The van der Waals surface area contributed by atoms with Gasteiger partial charge in [-0.05, 0) is 67.8 Å². The van der Waals surface area contributed by atoms with Crippen molar-refractivity contribution < 1.29 is 14.4 Å². The minimum atomic E-state index is -0.309. The number of unbranched alkanes of at least 4 members (excludes halogenated alkanes) is 1. The molecule has 3 aromatic rings. The summed E-state index contributed by atoms with van der Waals surface area (Å²) in [6, 6.07) is 12.8. The van der Waals surface area contributed by atoms with Crippen LogP contribution in [0.3, 0.4) is 0 Å². The smallest absolute Gasteiger partial charge is 0.257 e. The zero-order chi connectivity index (χ0) is 24.9. The zero-order valence-electron chi connectivity index (χ0n) is 20.1. The first-order chi connectivity index (χ1) is 16.8. The van der Waals surface area contributed by atoms with Crippen LogP contribution in [0.15, 0.2) is 42.5 Å². The summed E-state index contributed by atoms with van der Waals surface area (Å²) in [4.78, 5) is 39.0. The molecule has 1 aliphatic rings. The lowest BCUT2D eigenvalue weighted by Crippen LogP contribution is -2.24. The first-order valence-corrected chi connectivity index (χ1v) is 12.6. The van der Waals surface area contributed by atoms with Gasteiger partial charge in [-0.15, -0.1) is 10.2 Å². The largest absolute Gasteiger partial charge is 0.326 e. The minimum Gasteiger partial charge on any atom is -0.326 e. The lowest BCUT2D eigenvalue weighted by Gasteiger charge is -2.17. The average Bonchev–Trinajstić information content (AvgIpc) is 3.44. The number of hydrogen-bond donors (Lipinski definition) is 2. The number of amides is 3. The Morgan fingerprint density at radius 2 is 1.77 bits per heavy atom. The Kier molecular flexibility index (Phi) is 7.55. The first kappa shape index (κ1) is 24.5. The Morgan fingerprint density at radius 1 is 1.06 bits per heavy atom. The van der Waals surface area contributed by atoms with E-state index in [4.69, 9.17) is 0 Å². The van der Waals surface area contributed by atoms with Crippen LogP contribution in [-0.4, -0.2) is 34.5 Å². The highest BCUT2D eigenvalue weighted by Crippen LogP contribution is 2.35. The lowest BCUT2D eigenvalue weighted by atomic mass is 10.1. The molecule has 0 radical (unpaired) electrons. The quantitative estimate of drug-likeness (QED) is 0.459. The van der Waals surface area contributed by atoms with E-state index in [1.165, 1.54) is 11.3 Å². The van der Waals surface area contributed by atoms with Gasteiger partial charge in [-0.2, -0.15) is 0 Å². The van der Waals surface area contributed by atoms with Gasteiger partial charge in [0.25, 0.3) is 5.91 Å². The van der Waals surface area contributed by atoms with Crippen LogP contribution in [0.5, 0.6) is 0 Å². The van der Waals surface area contributed by atoms with Gasteiger partial charge in [0, 0.05) is 42.2 Å². The predicted octanol–water partition coefficient (Wildman–Crippen LogP) is 5.06. The SMILES string of the molecule is CCCCC(=O)Nc1ccc(C(=O)Nc2nnc(C3CC(=O)N(c4cc(C)cc(C)c4)C3)s2)cc1. The van der Waals surface area contributed by atoms with E-state index in [9.17, 15) is 14.4 Å². The van der Waals surface area contributed by atoms with E-state index in [0.29, 0.717) is 35.8 Å². The minimum absolute atomic E-state index is 0.0352. The standard InChI is InChI=1S/C26H29N5O3S/c1-4-5-6-22(32)27-20-9-7-18(8-10-20)24(34)28-26-30-29-25(35-26)19-14-23(33)31(15-19)21-12-16(2)11-17(3)13-21/h7-13,19H,4-6,14-15H2,1-3H3,(H,27,32)(H,28,30,34).